The van der Waals surface area contributed by atoms with Crippen LogP contribution in [-0.4, -0.2) is 30.4 Å². The van der Waals surface area contributed by atoms with Crippen molar-refractivity contribution in [3.05, 3.63) is 71.0 Å². The van der Waals surface area contributed by atoms with Crippen molar-refractivity contribution in [1.82, 2.24) is 4.90 Å². The molecular weight excluding hydrogens is 363 g/mol. The molecule has 4 heteroatoms. The van der Waals surface area contributed by atoms with Crippen LogP contribution in [-0.2, 0) is 16.8 Å². The number of halogens is 1. The largest absolute Gasteiger partial charge is 0.356 e. The smallest absolute Gasteiger partial charge is 0.242 e. The molecule has 0 unspecified atom stereocenters. The summed E-state index contributed by atoms with van der Waals surface area (Å²) in [4.78, 5) is 16.6. The van der Waals surface area contributed by atoms with Gasteiger partial charge in [-0.05, 0) is 30.5 Å². The van der Waals surface area contributed by atoms with Gasteiger partial charge in [0.2, 0.25) is 5.91 Å². The third kappa shape index (κ3) is 4.52. The summed E-state index contributed by atoms with van der Waals surface area (Å²) in [7, 11) is 0. The van der Waals surface area contributed by atoms with Gasteiger partial charge in [-0.3, -0.25) is 4.79 Å². The maximum absolute atomic E-state index is 15.5. The first-order chi connectivity index (χ1) is 13.9. The van der Waals surface area contributed by atoms with Crippen LogP contribution in [0.2, 0.25) is 0 Å². The van der Waals surface area contributed by atoms with Crippen molar-refractivity contribution in [1.29, 1.82) is 0 Å². The second-order valence-electron chi connectivity index (χ2n) is 8.23. The maximum atomic E-state index is 15.5. The molecule has 1 aliphatic carbocycles. The van der Waals surface area contributed by atoms with Gasteiger partial charge in [-0.15, -0.1) is 0 Å². The molecule has 0 aliphatic heterocycles. The summed E-state index contributed by atoms with van der Waals surface area (Å²) in [6.07, 6.45) is 4.81. The van der Waals surface area contributed by atoms with E-state index in [0.717, 1.165) is 24.1 Å². The van der Waals surface area contributed by atoms with E-state index in [2.05, 4.69) is 20.8 Å². The number of rotatable bonds is 8. The summed E-state index contributed by atoms with van der Waals surface area (Å²) < 4.78 is 15.5. The van der Waals surface area contributed by atoms with Gasteiger partial charge in [0.1, 0.15) is 0 Å². The first-order valence-corrected chi connectivity index (χ1v) is 10.5. The van der Waals surface area contributed by atoms with Crippen molar-refractivity contribution in [3.63, 3.8) is 0 Å². The lowest BCUT2D eigenvalue weighted by molar-refractivity contribution is -0.129. The molecule has 2 aromatic carbocycles. The highest BCUT2D eigenvalue weighted by Gasteiger charge is 2.29. The molecule has 0 N–H and O–H groups in total. The van der Waals surface area contributed by atoms with Crippen LogP contribution in [0.25, 0.3) is 6.08 Å². The number of anilines is 1. The summed E-state index contributed by atoms with van der Waals surface area (Å²) in [6.45, 7) is 10.2. The number of benzene rings is 2. The third-order valence-electron chi connectivity index (χ3n) is 5.63. The van der Waals surface area contributed by atoms with Crippen LogP contribution in [0.5, 0.6) is 0 Å². The highest BCUT2D eigenvalue weighted by molar-refractivity contribution is 5.82. The van der Waals surface area contributed by atoms with Crippen LogP contribution in [0.1, 0.15) is 50.8 Å². The first-order valence-electron chi connectivity index (χ1n) is 10.5. The molecule has 1 amide bonds. The molecule has 154 valence electrons. The Labute approximate surface area is 173 Å². The first kappa shape index (κ1) is 21.1. The number of hydrogen-bond donors (Lipinski definition) is 0. The second-order valence-corrected chi connectivity index (χ2v) is 8.23. The minimum atomic E-state index is -0.244. The van der Waals surface area contributed by atoms with Gasteiger partial charge in [0.15, 0.2) is 5.82 Å². The van der Waals surface area contributed by atoms with Crippen molar-refractivity contribution >= 4 is 17.7 Å². The van der Waals surface area contributed by atoms with Gasteiger partial charge in [0.05, 0.1) is 12.2 Å². The second kappa shape index (κ2) is 8.81. The zero-order chi connectivity index (χ0) is 21.0. The molecule has 0 radical (unpaired) electrons. The molecule has 1 aliphatic rings. The van der Waals surface area contributed by atoms with E-state index in [1.54, 1.807) is 0 Å². The molecule has 3 rings (SSSR count). The Hall–Kier alpha value is -2.62. The minimum Gasteiger partial charge on any atom is -0.356 e. The lowest BCUT2D eigenvalue weighted by atomic mass is 9.87. The average Bonchev–Trinajstić information content (AvgIpc) is 3.02. The van der Waals surface area contributed by atoms with Crippen LogP contribution >= 0.6 is 0 Å². The van der Waals surface area contributed by atoms with Crippen molar-refractivity contribution in [3.8, 4) is 0 Å². The number of likely N-dealkylation sites (N-methyl/N-ethyl adjacent to an activating group) is 1. The SMILES string of the molecule is CCCN(CC)C(=O)CN(Cc1ccccc1)c1ccc2c(c1F)C=CC2(C)C. The monoisotopic (exact) mass is 394 g/mol. The van der Waals surface area contributed by atoms with Crippen LogP contribution < -0.4 is 4.90 Å². The molecule has 0 spiro atoms. The Morgan fingerprint density at radius 2 is 1.79 bits per heavy atom. The molecule has 0 aromatic heterocycles. The van der Waals surface area contributed by atoms with Crippen molar-refractivity contribution in [2.45, 2.75) is 46.1 Å². The normalized spacial score (nSPS) is 14.0. The number of nitrogens with zero attached hydrogens (tertiary/aromatic N) is 2. The van der Waals surface area contributed by atoms with E-state index in [-0.39, 0.29) is 23.7 Å². The number of carbonyl (C=O) groups excluding carboxylic acids is 1. The van der Waals surface area contributed by atoms with Crippen molar-refractivity contribution in [2.24, 2.45) is 0 Å². The Bertz CT molecular complexity index is 889. The summed E-state index contributed by atoms with van der Waals surface area (Å²) in [5, 5.41) is 0. The van der Waals surface area contributed by atoms with Crippen LogP contribution in [0, 0.1) is 5.82 Å². The van der Waals surface area contributed by atoms with Crippen molar-refractivity contribution < 1.29 is 9.18 Å². The lowest BCUT2D eigenvalue weighted by Crippen LogP contribution is -2.41. The van der Waals surface area contributed by atoms with Gasteiger partial charge >= 0.3 is 0 Å². The van der Waals surface area contributed by atoms with Gasteiger partial charge in [0, 0.05) is 30.6 Å². The van der Waals surface area contributed by atoms with Crippen LogP contribution in [0.15, 0.2) is 48.5 Å². The molecule has 0 fully saturated rings. The van der Waals surface area contributed by atoms with Gasteiger partial charge in [-0.25, -0.2) is 4.39 Å². The predicted molar refractivity (Wildman–Crippen MR) is 118 cm³/mol. The van der Waals surface area contributed by atoms with Crippen LogP contribution in [0.3, 0.4) is 0 Å². The highest BCUT2D eigenvalue weighted by Crippen LogP contribution is 2.39. The molecule has 0 bridgehead atoms. The molecule has 0 heterocycles. The van der Waals surface area contributed by atoms with E-state index < -0.39 is 0 Å². The fourth-order valence-corrected chi connectivity index (χ4v) is 3.95. The van der Waals surface area contributed by atoms with Gasteiger partial charge < -0.3 is 9.80 Å². The molecule has 3 nitrogen and oxygen atoms in total. The fourth-order valence-electron chi connectivity index (χ4n) is 3.95. The Morgan fingerprint density at radius 3 is 2.45 bits per heavy atom. The van der Waals surface area contributed by atoms with Crippen molar-refractivity contribution in [2.75, 3.05) is 24.5 Å². The zero-order valence-corrected chi connectivity index (χ0v) is 17.9. The Balaban J connectivity index is 1.95. The number of amides is 1. The molecule has 0 saturated carbocycles. The number of carbonyl (C=O) groups is 1. The van der Waals surface area contributed by atoms with E-state index in [1.165, 1.54) is 0 Å². The van der Waals surface area contributed by atoms with E-state index in [4.69, 9.17) is 0 Å². The fraction of sp³-hybridized carbons (Fsp3) is 0.400. The predicted octanol–water partition coefficient (Wildman–Crippen LogP) is 5.40. The number of allylic oxidation sites excluding steroid dienone is 1. The molecule has 29 heavy (non-hydrogen) atoms. The zero-order valence-electron chi connectivity index (χ0n) is 17.9. The van der Waals surface area contributed by atoms with Gasteiger partial charge in [-0.2, -0.15) is 0 Å². The topological polar surface area (TPSA) is 23.6 Å². The Kier molecular flexibility index (Phi) is 6.41. The van der Waals surface area contributed by atoms with E-state index in [0.29, 0.717) is 24.3 Å². The van der Waals surface area contributed by atoms with E-state index in [1.807, 2.05) is 71.3 Å². The third-order valence-corrected chi connectivity index (χ3v) is 5.63. The standard InChI is InChI=1S/C25H31FN2O/c1-5-16-27(6-2)23(29)18-28(17-19-10-8-7-9-11-19)22-13-12-21-20(24(22)26)14-15-25(21,3)4/h7-15H,5-6,16-18H2,1-4H3. The molecular formula is C25H31FN2O. The number of hydrogen-bond acceptors (Lipinski definition) is 2. The van der Waals surface area contributed by atoms with Gasteiger partial charge in [-0.1, -0.05) is 69.3 Å². The van der Waals surface area contributed by atoms with Gasteiger partial charge in [0.25, 0.3) is 0 Å². The summed E-state index contributed by atoms with van der Waals surface area (Å²) in [5.41, 5.74) is 2.99. The molecule has 2 aromatic rings. The molecule has 0 saturated heterocycles. The van der Waals surface area contributed by atoms with E-state index >= 15 is 4.39 Å². The summed E-state index contributed by atoms with van der Waals surface area (Å²) in [6, 6.07) is 13.7. The molecule has 0 atom stereocenters. The van der Waals surface area contributed by atoms with E-state index in [9.17, 15) is 4.79 Å². The summed E-state index contributed by atoms with van der Waals surface area (Å²) >= 11 is 0. The number of fused-ring (bicyclic) bond motifs is 1. The summed E-state index contributed by atoms with van der Waals surface area (Å²) in [5.74, 6) is -0.215. The minimum absolute atomic E-state index is 0.0288. The maximum Gasteiger partial charge on any atom is 0.242 e. The van der Waals surface area contributed by atoms with Crippen LogP contribution in [0.4, 0.5) is 10.1 Å². The average molecular weight is 395 g/mol. The lowest BCUT2D eigenvalue weighted by Gasteiger charge is -2.29. The Morgan fingerprint density at radius 1 is 1.07 bits per heavy atom. The highest BCUT2D eigenvalue weighted by atomic mass is 19.1. The quantitative estimate of drug-likeness (QED) is 0.599.